The molecule has 0 bridgehead atoms. The molecule has 0 radical (unpaired) electrons. The standard InChI is InChI=1S/C20H13FN2O2S/c21-15-8-6-13(7-9-15)16-11-26-19-18(16)20(25)23(12-22-19)10-17(24)14-4-2-1-3-5-14/h1-9,11-12H,10H2. The van der Waals surface area contributed by atoms with Crippen LogP contribution in [0.2, 0.25) is 0 Å². The summed E-state index contributed by atoms with van der Waals surface area (Å²) in [6, 6.07) is 14.8. The lowest BCUT2D eigenvalue weighted by molar-refractivity contribution is 0.0970. The number of fused-ring (bicyclic) bond motifs is 1. The van der Waals surface area contributed by atoms with Crippen molar-refractivity contribution in [3.05, 3.63) is 88.0 Å². The predicted molar refractivity (Wildman–Crippen MR) is 100 cm³/mol. The summed E-state index contributed by atoms with van der Waals surface area (Å²) < 4.78 is 14.5. The Morgan fingerprint density at radius 3 is 2.54 bits per heavy atom. The molecule has 2 aromatic heterocycles. The van der Waals surface area contributed by atoms with Crippen molar-refractivity contribution >= 4 is 27.3 Å². The minimum atomic E-state index is -0.336. The van der Waals surface area contributed by atoms with E-state index in [0.717, 1.165) is 5.56 Å². The fraction of sp³-hybridized carbons (Fsp3) is 0.0500. The molecule has 0 spiro atoms. The Morgan fingerprint density at radius 1 is 1.08 bits per heavy atom. The van der Waals surface area contributed by atoms with Gasteiger partial charge in [0, 0.05) is 16.5 Å². The van der Waals surface area contributed by atoms with Crippen LogP contribution in [0, 0.1) is 5.82 Å². The normalized spacial score (nSPS) is 11.0. The van der Waals surface area contributed by atoms with E-state index in [9.17, 15) is 14.0 Å². The average molecular weight is 364 g/mol. The molecule has 6 heteroatoms. The first-order valence-corrected chi connectivity index (χ1v) is 8.82. The predicted octanol–water partition coefficient (Wildman–Crippen LogP) is 4.15. The van der Waals surface area contributed by atoms with Crippen LogP contribution < -0.4 is 5.56 Å². The van der Waals surface area contributed by atoms with Crippen molar-refractivity contribution in [2.45, 2.75) is 6.54 Å². The molecule has 2 aromatic carbocycles. The first kappa shape index (κ1) is 16.4. The zero-order chi connectivity index (χ0) is 18.1. The number of halogens is 1. The van der Waals surface area contributed by atoms with Gasteiger partial charge in [-0.1, -0.05) is 42.5 Å². The number of aromatic nitrogens is 2. The molecule has 0 aliphatic rings. The van der Waals surface area contributed by atoms with Gasteiger partial charge in [-0.25, -0.2) is 9.37 Å². The van der Waals surface area contributed by atoms with E-state index in [2.05, 4.69) is 4.98 Å². The van der Waals surface area contributed by atoms with Crippen molar-refractivity contribution in [3.63, 3.8) is 0 Å². The number of carbonyl (C=O) groups excluding carboxylic acids is 1. The summed E-state index contributed by atoms with van der Waals surface area (Å²) in [6.45, 7) is -0.0789. The zero-order valence-electron chi connectivity index (χ0n) is 13.6. The van der Waals surface area contributed by atoms with Crippen LogP contribution in [0.1, 0.15) is 10.4 Å². The first-order valence-electron chi connectivity index (χ1n) is 7.94. The Kier molecular flexibility index (Phi) is 4.18. The molecule has 4 aromatic rings. The van der Waals surface area contributed by atoms with Gasteiger partial charge in [0.1, 0.15) is 10.6 Å². The maximum absolute atomic E-state index is 13.2. The zero-order valence-corrected chi connectivity index (χ0v) is 14.4. The highest BCUT2D eigenvalue weighted by molar-refractivity contribution is 7.17. The number of benzene rings is 2. The Bertz CT molecular complexity index is 1150. The number of hydrogen-bond acceptors (Lipinski definition) is 4. The van der Waals surface area contributed by atoms with E-state index in [0.29, 0.717) is 21.3 Å². The quantitative estimate of drug-likeness (QED) is 0.511. The molecule has 0 fully saturated rings. The van der Waals surface area contributed by atoms with Crippen LogP contribution in [0.4, 0.5) is 4.39 Å². The summed E-state index contributed by atoms with van der Waals surface area (Å²) in [5.74, 6) is -0.496. The van der Waals surface area contributed by atoms with Gasteiger partial charge in [0.25, 0.3) is 5.56 Å². The highest BCUT2D eigenvalue weighted by Crippen LogP contribution is 2.30. The van der Waals surface area contributed by atoms with Crippen LogP contribution in [-0.4, -0.2) is 15.3 Å². The summed E-state index contributed by atoms with van der Waals surface area (Å²) in [4.78, 5) is 30.2. The number of Topliss-reactive ketones (excluding diaryl/α,β-unsaturated/α-hetero) is 1. The van der Waals surface area contributed by atoms with Gasteiger partial charge in [-0.3, -0.25) is 14.2 Å². The van der Waals surface area contributed by atoms with Gasteiger partial charge in [-0.15, -0.1) is 11.3 Å². The van der Waals surface area contributed by atoms with E-state index >= 15 is 0 Å². The Labute approximate surface area is 152 Å². The van der Waals surface area contributed by atoms with Crippen molar-refractivity contribution in [2.24, 2.45) is 0 Å². The molecular formula is C20H13FN2O2S. The Balaban J connectivity index is 1.77. The highest BCUT2D eigenvalue weighted by atomic mass is 32.1. The van der Waals surface area contributed by atoms with Crippen LogP contribution in [-0.2, 0) is 6.54 Å². The monoisotopic (exact) mass is 364 g/mol. The molecule has 0 aliphatic heterocycles. The fourth-order valence-electron chi connectivity index (χ4n) is 2.79. The molecule has 128 valence electrons. The van der Waals surface area contributed by atoms with Crippen LogP contribution in [0.25, 0.3) is 21.3 Å². The number of rotatable bonds is 4. The maximum atomic E-state index is 13.2. The van der Waals surface area contributed by atoms with Crippen molar-refractivity contribution in [2.75, 3.05) is 0 Å². The number of nitrogens with zero attached hydrogens (tertiary/aromatic N) is 2. The highest BCUT2D eigenvalue weighted by Gasteiger charge is 2.15. The van der Waals surface area contributed by atoms with Crippen molar-refractivity contribution < 1.29 is 9.18 Å². The van der Waals surface area contributed by atoms with Crippen LogP contribution in [0.5, 0.6) is 0 Å². The minimum Gasteiger partial charge on any atom is -0.292 e. The molecule has 2 heterocycles. The number of ketones is 1. The summed E-state index contributed by atoms with van der Waals surface area (Å²) in [5, 5.41) is 2.28. The van der Waals surface area contributed by atoms with Gasteiger partial charge in [0.15, 0.2) is 5.78 Å². The molecule has 0 unspecified atom stereocenters. The summed E-state index contributed by atoms with van der Waals surface area (Å²) >= 11 is 1.35. The van der Waals surface area contributed by atoms with Gasteiger partial charge in [0.2, 0.25) is 0 Å². The second kappa shape index (κ2) is 6.65. The molecule has 0 saturated heterocycles. The summed E-state index contributed by atoms with van der Waals surface area (Å²) in [6.07, 6.45) is 1.40. The molecule has 0 aliphatic carbocycles. The molecule has 0 amide bonds. The molecule has 0 saturated carbocycles. The fourth-order valence-corrected chi connectivity index (χ4v) is 3.70. The third kappa shape index (κ3) is 2.95. The third-order valence-electron chi connectivity index (χ3n) is 4.13. The lowest BCUT2D eigenvalue weighted by Crippen LogP contribution is -2.24. The Hall–Kier alpha value is -3.12. The topological polar surface area (TPSA) is 52.0 Å². The molecule has 0 N–H and O–H groups in total. The number of hydrogen-bond donors (Lipinski definition) is 0. The second-order valence-corrected chi connectivity index (χ2v) is 6.66. The third-order valence-corrected chi connectivity index (χ3v) is 5.01. The van der Waals surface area contributed by atoms with E-state index in [4.69, 9.17) is 0 Å². The molecule has 4 rings (SSSR count). The van der Waals surface area contributed by atoms with Crippen molar-refractivity contribution in [1.82, 2.24) is 9.55 Å². The smallest absolute Gasteiger partial charge is 0.263 e. The Morgan fingerprint density at radius 2 is 1.81 bits per heavy atom. The van der Waals surface area contributed by atoms with E-state index in [1.54, 1.807) is 36.4 Å². The van der Waals surface area contributed by atoms with E-state index in [1.165, 1.54) is 34.4 Å². The van der Waals surface area contributed by atoms with Gasteiger partial charge >= 0.3 is 0 Å². The van der Waals surface area contributed by atoms with E-state index < -0.39 is 0 Å². The lowest BCUT2D eigenvalue weighted by atomic mass is 10.1. The van der Waals surface area contributed by atoms with E-state index in [-0.39, 0.29) is 23.7 Å². The second-order valence-electron chi connectivity index (χ2n) is 5.80. The van der Waals surface area contributed by atoms with Crippen LogP contribution in [0.3, 0.4) is 0 Å². The van der Waals surface area contributed by atoms with Gasteiger partial charge < -0.3 is 0 Å². The van der Waals surface area contributed by atoms with Crippen molar-refractivity contribution in [1.29, 1.82) is 0 Å². The van der Waals surface area contributed by atoms with Crippen LogP contribution >= 0.6 is 11.3 Å². The van der Waals surface area contributed by atoms with Gasteiger partial charge in [-0.2, -0.15) is 0 Å². The molecule has 0 atom stereocenters. The average Bonchev–Trinajstić information content (AvgIpc) is 3.10. The van der Waals surface area contributed by atoms with Crippen LogP contribution in [0.15, 0.2) is 71.1 Å². The summed E-state index contributed by atoms with van der Waals surface area (Å²) in [5.41, 5.74) is 1.70. The molecule has 4 nitrogen and oxygen atoms in total. The van der Waals surface area contributed by atoms with Gasteiger partial charge in [-0.05, 0) is 17.7 Å². The minimum absolute atomic E-state index is 0.0789. The van der Waals surface area contributed by atoms with E-state index in [1.807, 2.05) is 11.4 Å². The molecule has 26 heavy (non-hydrogen) atoms. The number of carbonyl (C=O) groups is 1. The number of thiophene rings is 1. The van der Waals surface area contributed by atoms with Gasteiger partial charge in [0.05, 0.1) is 18.3 Å². The lowest BCUT2D eigenvalue weighted by Gasteiger charge is -2.06. The maximum Gasteiger partial charge on any atom is 0.263 e. The molecular weight excluding hydrogens is 351 g/mol. The summed E-state index contributed by atoms with van der Waals surface area (Å²) in [7, 11) is 0. The van der Waals surface area contributed by atoms with Crippen molar-refractivity contribution in [3.8, 4) is 11.1 Å². The first-order chi connectivity index (χ1) is 12.6. The SMILES string of the molecule is O=C(Cn1cnc2scc(-c3ccc(F)cc3)c2c1=O)c1ccccc1. The largest absolute Gasteiger partial charge is 0.292 e.